The molecule has 2 N–H and O–H groups in total. The summed E-state index contributed by atoms with van der Waals surface area (Å²) in [5.41, 5.74) is 8.49. The number of aromatic nitrogens is 4. The number of fused-ring (bicyclic) bond motifs is 1. The molecule has 1 fully saturated rings. The van der Waals surface area contributed by atoms with Gasteiger partial charge in [-0.3, -0.25) is 0 Å². The summed E-state index contributed by atoms with van der Waals surface area (Å²) in [4.78, 5) is 8.67. The van der Waals surface area contributed by atoms with Gasteiger partial charge in [0.05, 0.1) is 23.9 Å². The first-order valence-electron chi connectivity index (χ1n) is 6.35. The van der Waals surface area contributed by atoms with E-state index in [9.17, 15) is 0 Å². The molecule has 2 heterocycles. The first-order valence-corrected chi connectivity index (χ1v) is 6.35. The molecule has 0 radical (unpaired) electrons. The Balaban J connectivity index is 1.79. The van der Waals surface area contributed by atoms with Crippen LogP contribution in [0.1, 0.15) is 24.8 Å². The van der Waals surface area contributed by atoms with Crippen molar-refractivity contribution in [3.63, 3.8) is 0 Å². The molecular weight excluding hydrogens is 242 g/mol. The van der Waals surface area contributed by atoms with Gasteiger partial charge < -0.3 is 14.8 Å². The third-order valence-corrected chi connectivity index (χ3v) is 3.42. The normalized spacial score (nSPS) is 15.2. The van der Waals surface area contributed by atoms with E-state index in [-0.39, 0.29) is 6.54 Å². The maximum atomic E-state index is 5.46. The predicted octanol–water partition coefficient (Wildman–Crippen LogP) is 1.88. The molecule has 4 rings (SSSR count). The summed E-state index contributed by atoms with van der Waals surface area (Å²) < 4.78 is 7.26. The van der Waals surface area contributed by atoms with Crippen LogP contribution in [0, 0.1) is 0 Å². The molecular formula is C13H13N5O. The molecule has 0 aliphatic heterocycles. The molecule has 0 atom stereocenters. The molecule has 0 unspecified atom stereocenters. The van der Waals surface area contributed by atoms with Gasteiger partial charge in [-0.2, -0.15) is 4.98 Å². The minimum atomic E-state index is 0.256. The lowest BCUT2D eigenvalue weighted by atomic mass is 10.2. The van der Waals surface area contributed by atoms with Crippen LogP contribution >= 0.6 is 0 Å². The van der Waals surface area contributed by atoms with Gasteiger partial charge in [0.1, 0.15) is 0 Å². The number of imidazole rings is 1. The lowest BCUT2D eigenvalue weighted by Gasteiger charge is -2.00. The zero-order chi connectivity index (χ0) is 12.8. The zero-order valence-corrected chi connectivity index (χ0v) is 10.3. The molecule has 2 aromatic heterocycles. The molecule has 19 heavy (non-hydrogen) atoms. The highest BCUT2D eigenvalue weighted by Crippen LogP contribution is 2.37. The summed E-state index contributed by atoms with van der Waals surface area (Å²) >= 11 is 0. The molecule has 1 saturated carbocycles. The van der Waals surface area contributed by atoms with E-state index >= 15 is 0 Å². The van der Waals surface area contributed by atoms with Crippen molar-refractivity contribution in [3.8, 4) is 11.4 Å². The third-order valence-electron chi connectivity index (χ3n) is 3.42. The molecule has 0 spiro atoms. The molecule has 0 bridgehead atoms. The average molecular weight is 255 g/mol. The Bertz CT molecular complexity index is 740. The maximum Gasteiger partial charge on any atom is 0.240 e. The highest BCUT2D eigenvalue weighted by molar-refractivity contribution is 5.80. The van der Waals surface area contributed by atoms with Crippen LogP contribution < -0.4 is 5.73 Å². The van der Waals surface area contributed by atoms with Crippen LogP contribution in [0.3, 0.4) is 0 Å². The second kappa shape index (κ2) is 3.89. The Morgan fingerprint density at radius 2 is 2.26 bits per heavy atom. The van der Waals surface area contributed by atoms with Crippen molar-refractivity contribution in [2.24, 2.45) is 5.73 Å². The Hall–Kier alpha value is -2.21. The fourth-order valence-corrected chi connectivity index (χ4v) is 2.27. The number of nitrogens with two attached hydrogens (primary N) is 1. The van der Waals surface area contributed by atoms with Crippen LogP contribution in [-0.4, -0.2) is 19.7 Å². The van der Waals surface area contributed by atoms with Gasteiger partial charge in [0, 0.05) is 11.6 Å². The van der Waals surface area contributed by atoms with Crippen LogP contribution in [0.15, 0.2) is 29.0 Å². The van der Waals surface area contributed by atoms with Gasteiger partial charge in [0.15, 0.2) is 0 Å². The Kier molecular flexibility index (Phi) is 2.19. The van der Waals surface area contributed by atoms with Crippen molar-refractivity contribution in [2.45, 2.75) is 25.4 Å². The molecule has 96 valence electrons. The maximum absolute atomic E-state index is 5.46. The summed E-state index contributed by atoms with van der Waals surface area (Å²) in [6.45, 7) is 0.256. The van der Waals surface area contributed by atoms with E-state index in [0.717, 1.165) is 16.6 Å². The monoisotopic (exact) mass is 255 g/mol. The van der Waals surface area contributed by atoms with Crippen molar-refractivity contribution < 1.29 is 4.52 Å². The summed E-state index contributed by atoms with van der Waals surface area (Å²) in [5.74, 6) is 1.00. The Labute approximate surface area is 109 Å². The van der Waals surface area contributed by atoms with Crippen molar-refractivity contribution >= 4 is 11.0 Å². The Morgan fingerprint density at radius 1 is 1.37 bits per heavy atom. The van der Waals surface area contributed by atoms with Gasteiger partial charge in [0.2, 0.25) is 11.7 Å². The summed E-state index contributed by atoms with van der Waals surface area (Å²) in [5, 5.41) is 3.92. The van der Waals surface area contributed by atoms with Gasteiger partial charge in [-0.05, 0) is 31.0 Å². The quantitative estimate of drug-likeness (QED) is 0.772. The SMILES string of the molecule is NCc1nc(-c2ccc3c(c2)ncn3C2CC2)no1. The van der Waals surface area contributed by atoms with Gasteiger partial charge in [-0.15, -0.1) is 0 Å². The fraction of sp³-hybridized carbons (Fsp3) is 0.308. The highest BCUT2D eigenvalue weighted by atomic mass is 16.5. The van der Waals surface area contributed by atoms with Crippen LogP contribution in [0.25, 0.3) is 22.4 Å². The van der Waals surface area contributed by atoms with E-state index in [4.69, 9.17) is 10.3 Å². The van der Waals surface area contributed by atoms with Crippen LogP contribution in [-0.2, 0) is 6.54 Å². The largest absolute Gasteiger partial charge is 0.338 e. The summed E-state index contributed by atoms with van der Waals surface area (Å²) in [6, 6.07) is 6.67. The summed E-state index contributed by atoms with van der Waals surface area (Å²) in [7, 11) is 0. The van der Waals surface area contributed by atoms with Crippen LogP contribution in [0.4, 0.5) is 0 Å². The molecule has 3 aromatic rings. The van der Waals surface area contributed by atoms with E-state index < -0.39 is 0 Å². The topological polar surface area (TPSA) is 82.8 Å². The number of rotatable bonds is 3. The number of nitrogens with zero attached hydrogens (tertiary/aromatic N) is 4. The molecule has 0 saturated heterocycles. The second-order valence-corrected chi connectivity index (χ2v) is 4.80. The smallest absolute Gasteiger partial charge is 0.240 e. The lowest BCUT2D eigenvalue weighted by Crippen LogP contribution is -1.95. The van der Waals surface area contributed by atoms with E-state index in [0.29, 0.717) is 17.8 Å². The zero-order valence-electron chi connectivity index (χ0n) is 10.3. The van der Waals surface area contributed by atoms with Gasteiger partial charge in [-0.25, -0.2) is 4.98 Å². The van der Waals surface area contributed by atoms with Crippen molar-refractivity contribution in [1.29, 1.82) is 0 Å². The van der Waals surface area contributed by atoms with Crippen molar-refractivity contribution in [3.05, 3.63) is 30.4 Å². The molecule has 0 amide bonds. The van der Waals surface area contributed by atoms with Gasteiger partial charge in [-0.1, -0.05) is 5.16 Å². The van der Waals surface area contributed by atoms with Crippen LogP contribution in [0.5, 0.6) is 0 Å². The minimum absolute atomic E-state index is 0.256. The number of hydrogen-bond donors (Lipinski definition) is 1. The average Bonchev–Trinajstić information content (AvgIpc) is 3.04. The van der Waals surface area contributed by atoms with Gasteiger partial charge in [0.25, 0.3) is 0 Å². The van der Waals surface area contributed by atoms with E-state index in [2.05, 4.69) is 25.8 Å². The standard InChI is InChI=1S/C13H13N5O/c14-6-12-16-13(17-19-12)8-1-4-11-10(5-8)15-7-18(11)9-2-3-9/h1,4-5,7,9H,2-3,6,14H2. The molecule has 1 aliphatic rings. The van der Waals surface area contributed by atoms with Crippen molar-refractivity contribution in [2.75, 3.05) is 0 Å². The highest BCUT2D eigenvalue weighted by Gasteiger charge is 2.25. The minimum Gasteiger partial charge on any atom is -0.338 e. The Morgan fingerprint density at radius 3 is 3.00 bits per heavy atom. The van der Waals surface area contributed by atoms with Crippen LogP contribution in [0.2, 0.25) is 0 Å². The van der Waals surface area contributed by atoms with E-state index in [1.807, 2.05) is 18.5 Å². The summed E-state index contributed by atoms with van der Waals surface area (Å²) in [6.07, 6.45) is 4.41. The van der Waals surface area contributed by atoms with E-state index in [1.165, 1.54) is 12.8 Å². The van der Waals surface area contributed by atoms with E-state index in [1.54, 1.807) is 0 Å². The number of benzene rings is 1. The molecule has 1 aromatic carbocycles. The third kappa shape index (κ3) is 1.72. The predicted molar refractivity (Wildman–Crippen MR) is 69.2 cm³/mol. The fourth-order valence-electron chi connectivity index (χ4n) is 2.27. The number of hydrogen-bond acceptors (Lipinski definition) is 5. The molecule has 1 aliphatic carbocycles. The molecule has 6 heteroatoms. The molecule has 6 nitrogen and oxygen atoms in total. The second-order valence-electron chi connectivity index (χ2n) is 4.80. The lowest BCUT2D eigenvalue weighted by molar-refractivity contribution is 0.380. The first-order chi connectivity index (χ1) is 9.35. The van der Waals surface area contributed by atoms with Gasteiger partial charge >= 0.3 is 0 Å². The first kappa shape index (κ1) is 10.7. The van der Waals surface area contributed by atoms with Crippen molar-refractivity contribution in [1.82, 2.24) is 19.7 Å².